The van der Waals surface area contributed by atoms with E-state index in [4.69, 9.17) is 0 Å². The minimum Gasteiger partial charge on any atom is -0.313 e. The Morgan fingerprint density at radius 2 is 1.70 bits per heavy atom. The van der Waals surface area contributed by atoms with Crippen LogP contribution in [0.2, 0.25) is 0 Å². The monoisotopic (exact) mass is 299 g/mol. The molecule has 0 amide bonds. The molecule has 0 aliphatic carbocycles. The molecule has 0 aromatic heterocycles. The summed E-state index contributed by atoms with van der Waals surface area (Å²) in [5, 5.41) is 3.84. The topological polar surface area (TPSA) is 12.0 Å². The molecular weight excluding hydrogens is 262 g/mol. The van der Waals surface area contributed by atoms with Gasteiger partial charge in [0.1, 0.15) is 0 Å². The fourth-order valence-electron chi connectivity index (χ4n) is 3.32. The maximum Gasteiger partial charge on any atom is 0.0285 e. The van der Waals surface area contributed by atoms with Crippen molar-refractivity contribution < 1.29 is 0 Å². The maximum atomic E-state index is 3.84. The van der Waals surface area contributed by atoms with Gasteiger partial charge in [0.15, 0.2) is 0 Å². The van der Waals surface area contributed by atoms with Crippen molar-refractivity contribution in [2.75, 3.05) is 12.3 Å². The van der Waals surface area contributed by atoms with Crippen LogP contribution in [0.3, 0.4) is 0 Å². The molecule has 0 aromatic carbocycles. The van der Waals surface area contributed by atoms with Crippen LogP contribution in [0.4, 0.5) is 0 Å². The number of thioether (sulfide) groups is 1. The molecule has 1 aliphatic heterocycles. The highest BCUT2D eigenvalue weighted by Gasteiger charge is 2.36. The van der Waals surface area contributed by atoms with Gasteiger partial charge in [-0.3, -0.25) is 0 Å². The molecule has 0 aromatic rings. The van der Waals surface area contributed by atoms with Gasteiger partial charge in [-0.15, -0.1) is 0 Å². The average molecular weight is 300 g/mol. The van der Waals surface area contributed by atoms with Crippen molar-refractivity contribution in [1.82, 2.24) is 5.32 Å². The van der Waals surface area contributed by atoms with Crippen LogP contribution in [0.1, 0.15) is 91.4 Å². The molecular formula is C18H37NS. The van der Waals surface area contributed by atoms with Crippen molar-refractivity contribution in [1.29, 1.82) is 0 Å². The Morgan fingerprint density at radius 1 is 1.00 bits per heavy atom. The number of unbranched alkanes of at least 4 members (excludes halogenated alkanes) is 6. The van der Waals surface area contributed by atoms with E-state index in [1.54, 1.807) is 0 Å². The van der Waals surface area contributed by atoms with Crippen molar-refractivity contribution in [2.24, 2.45) is 0 Å². The van der Waals surface area contributed by atoms with Crippen LogP contribution in [0, 0.1) is 0 Å². The zero-order valence-electron chi connectivity index (χ0n) is 14.2. The third-order valence-electron chi connectivity index (χ3n) is 4.72. The maximum absolute atomic E-state index is 3.84. The molecule has 2 atom stereocenters. The minimum absolute atomic E-state index is 0.511. The summed E-state index contributed by atoms with van der Waals surface area (Å²) in [7, 11) is 0. The van der Waals surface area contributed by atoms with Crippen LogP contribution in [0.15, 0.2) is 0 Å². The van der Waals surface area contributed by atoms with E-state index in [2.05, 4.69) is 37.8 Å². The first-order valence-electron chi connectivity index (χ1n) is 9.10. The van der Waals surface area contributed by atoms with Crippen LogP contribution in [-0.4, -0.2) is 23.1 Å². The zero-order valence-corrected chi connectivity index (χ0v) is 15.0. The van der Waals surface area contributed by atoms with Gasteiger partial charge < -0.3 is 5.32 Å². The normalized spacial score (nSPS) is 24.1. The minimum atomic E-state index is 0.511. The van der Waals surface area contributed by atoms with E-state index in [9.17, 15) is 0 Å². The third kappa shape index (κ3) is 6.85. The van der Waals surface area contributed by atoms with E-state index in [0.29, 0.717) is 4.75 Å². The number of rotatable bonds is 12. The average Bonchev–Trinajstić information content (AvgIpc) is 2.89. The SMILES string of the molecule is CCCCCCCCCC(NCCC)C1(C)CCCS1. The van der Waals surface area contributed by atoms with Crippen LogP contribution < -0.4 is 5.32 Å². The lowest BCUT2D eigenvalue weighted by Crippen LogP contribution is -2.45. The first kappa shape index (κ1) is 18.4. The van der Waals surface area contributed by atoms with E-state index in [-0.39, 0.29) is 0 Å². The lowest BCUT2D eigenvalue weighted by atomic mass is 9.91. The summed E-state index contributed by atoms with van der Waals surface area (Å²) in [5.41, 5.74) is 0. The molecule has 1 nitrogen and oxygen atoms in total. The van der Waals surface area contributed by atoms with Crippen LogP contribution >= 0.6 is 11.8 Å². The van der Waals surface area contributed by atoms with Gasteiger partial charge in [0, 0.05) is 10.8 Å². The van der Waals surface area contributed by atoms with Crippen molar-refractivity contribution in [3.8, 4) is 0 Å². The Bertz CT molecular complexity index is 223. The van der Waals surface area contributed by atoms with E-state index < -0.39 is 0 Å². The molecule has 1 aliphatic rings. The van der Waals surface area contributed by atoms with Crippen LogP contribution in [-0.2, 0) is 0 Å². The summed E-state index contributed by atoms with van der Waals surface area (Å²) < 4.78 is 0.511. The summed E-state index contributed by atoms with van der Waals surface area (Å²) >= 11 is 2.22. The van der Waals surface area contributed by atoms with Gasteiger partial charge in [-0.1, -0.05) is 58.8 Å². The van der Waals surface area contributed by atoms with Crippen molar-refractivity contribution >= 4 is 11.8 Å². The molecule has 0 radical (unpaired) electrons. The van der Waals surface area contributed by atoms with Gasteiger partial charge in [-0.2, -0.15) is 11.8 Å². The largest absolute Gasteiger partial charge is 0.313 e. The summed E-state index contributed by atoms with van der Waals surface area (Å²) in [5.74, 6) is 1.37. The lowest BCUT2D eigenvalue weighted by Gasteiger charge is -2.34. The van der Waals surface area contributed by atoms with Crippen molar-refractivity contribution in [3.05, 3.63) is 0 Å². The Balaban J connectivity index is 2.20. The van der Waals surface area contributed by atoms with Gasteiger partial charge in [0.2, 0.25) is 0 Å². The molecule has 0 saturated carbocycles. The third-order valence-corrected chi connectivity index (χ3v) is 6.36. The van der Waals surface area contributed by atoms with Gasteiger partial charge >= 0.3 is 0 Å². The molecule has 2 unspecified atom stereocenters. The molecule has 0 bridgehead atoms. The van der Waals surface area contributed by atoms with Gasteiger partial charge in [-0.05, 0) is 44.9 Å². The quantitative estimate of drug-likeness (QED) is 0.458. The standard InChI is InChI=1S/C18H37NS/c1-4-6-7-8-9-10-11-13-17(19-15-5-2)18(3)14-12-16-20-18/h17,19H,4-16H2,1-3H3. The van der Waals surface area contributed by atoms with E-state index in [1.807, 2.05) is 0 Å². The Morgan fingerprint density at radius 3 is 2.30 bits per heavy atom. The molecule has 1 rings (SSSR count). The van der Waals surface area contributed by atoms with E-state index in [1.165, 1.54) is 82.9 Å². The number of hydrogen-bond donors (Lipinski definition) is 1. The van der Waals surface area contributed by atoms with Crippen molar-refractivity contribution in [2.45, 2.75) is 102 Å². The zero-order chi connectivity index (χ0) is 14.7. The smallest absolute Gasteiger partial charge is 0.0285 e. The first-order valence-corrected chi connectivity index (χ1v) is 10.1. The first-order chi connectivity index (χ1) is 9.73. The molecule has 120 valence electrons. The molecule has 1 fully saturated rings. The Hall–Kier alpha value is 0.310. The number of nitrogens with one attached hydrogen (secondary N) is 1. The molecule has 1 N–H and O–H groups in total. The number of hydrogen-bond acceptors (Lipinski definition) is 2. The fraction of sp³-hybridized carbons (Fsp3) is 1.00. The van der Waals surface area contributed by atoms with Gasteiger partial charge in [0.25, 0.3) is 0 Å². The van der Waals surface area contributed by atoms with E-state index >= 15 is 0 Å². The van der Waals surface area contributed by atoms with Crippen molar-refractivity contribution in [3.63, 3.8) is 0 Å². The molecule has 1 saturated heterocycles. The second-order valence-electron chi connectivity index (χ2n) is 6.68. The second-order valence-corrected chi connectivity index (χ2v) is 8.31. The summed E-state index contributed by atoms with van der Waals surface area (Å²) in [6.45, 7) is 8.27. The summed E-state index contributed by atoms with van der Waals surface area (Å²) in [6, 6.07) is 0.741. The van der Waals surface area contributed by atoms with Crippen LogP contribution in [0.25, 0.3) is 0 Å². The predicted molar refractivity (Wildman–Crippen MR) is 94.8 cm³/mol. The summed E-state index contributed by atoms with van der Waals surface area (Å²) in [6.07, 6.45) is 15.5. The van der Waals surface area contributed by atoms with Gasteiger partial charge in [0.05, 0.1) is 0 Å². The highest BCUT2D eigenvalue weighted by molar-refractivity contribution is 8.00. The van der Waals surface area contributed by atoms with Crippen LogP contribution in [0.5, 0.6) is 0 Å². The Kier molecular flexibility index (Phi) is 10.1. The molecule has 20 heavy (non-hydrogen) atoms. The lowest BCUT2D eigenvalue weighted by molar-refractivity contribution is 0.367. The summed E-state index contributed by atoms with van der Waals surface area (Å²) in [4.78, 5) is 0. The second kappa shape index (κ2) is 11.0. The fourth-order valence-corrected chi connectivity index (χ4v) is 4.77. The van der Waals surface area contributed by atoms with Gasteiger partial charge in [-0.25, -0.2) is 0 Å². The van der Waals surface area contributed by atoms with E-state index in [0.717, 1.165) is 6.04 Å². The predicted octanol–water partition coefficient (Wildman–Crippen LogP) is 5.78. The highest BCUT2D eigenvalue weighted by atomic mass is 32.2. The highest BCUT2D eigenvalue weighted by Crippen LogP contribution is 2.41. The Labute approximate surface area is 132 Å². The molecule has 0 spiro atoms. The molecule has 1 heterocycles. The molecule has 2 heteroatoms.